The van der Waals surface area contributed by atoms with E-state index >= 15 is 0 Å². The van der Waals surface area contributed by atoms with Crippen LogP contribution in [-0.4, -0.2) is 17.0 Å². The first-order chi connectivity index (χ1) is 5.65. The molecule has 0 fully saturated rings. The number of hydrogen-bond donors (Lipinski definition) is 1. The van der Waals surface area contributed by atoms with Gasteiger partial charge in [-0.25, -0.2) is 9.97 Å². The maximum atomic E-state index is 5.83. The summed E-state index contributed by atoms with van der Waals surface area (Å²) >= 11 is 11.4. The van der Waals surface area contributed by atoms with Gasteiger partial charge in [0.05, 0.1) is 0 Å². The van der Waals surface area contributed by atoms with Gasteiger partial charge >= 0.3 is 0 Å². The lowest BCUT2D eigenvalue weighted by Crippen LogP contribution is -2.13. The summed E-state index contributed by atoms with van der Waals surface area (Å²) in [4.78, 5) is 7.66. The second-order valence-corrected chi connectivity index (χ2v) is 3.09. The lowest BCUT2D eigenvalue weighted by Gasteiger charge is -2.10. The molecule has 0 bridgehead atoms. The van der Waals surface area contributed by atoms with Gasteiger partial charge in [0.2, 0.25) is 5.28 Å². The standard InChI is InChI=1S/C7H9Cl2N3/c1-4(10-2)5-3-11-7(9)12-6(5)8/h3-4,10H,1-2H3. The fourth-order valence-electron chi connectivity index (χ4n) is 0.796. The van der Waals surface area contributed by atoms with Crippen LogP contribution in [0.15, 0.2) is 6.20 Å². The van der Waals surface area contributed by atoms with Gasteiger partial charge in [0.15, 0.2) is 0 Å². The van der Waals surface area contributed by atoms with Crippen LogP contribution in [0.5, 0.6) is 0 Å². The third-order valence-electron chi connectivity index (χ3n) is 1.64. The molecule has 3 nitrogen and oxygen atoms in total. The Bertz CT molecular complexity index is 277. The predicted molar refractivity (Wildman–Crippen MR) is 49.5 cm³/mol. The first-order valence-electron chi connectivity index (χ1n) is 3.50. The molecule has 1 aromatic rings. The molecule has 12 heavy (non-hydrogen) atoms. The van der Waals surface area contributed by atoms with E-state index < -0.39 is 0 Å². The second-order valence-electron chi connectivity index (χ2n) is 2.40. The van der Waals surface area contributed by atoms with Gasteiger partial charge in [-0.3, -0.25) is 0 Å². The largest absolute Gasteiger partial charge is 0.313 e. The van der Waals surface area contributed by atoms with E-state index in [0.29, 0.717) is 5.15 Å². The minimum atomic E-state index is 0.134. The molecule has 0 radical (unpaired) electrons. The Kier molecular flexibility index (Phi) is 3.26. The number of nitrogens with one attached hydrogen (secondary N) is 1. The third kappa shape index (κ3) is 2.06. The van der Waals surface area contributed by atoms with Crippen molar-refractivity contribution < 1.29 is 0 Å². The Morgan fingerprint density at radius 1 is 1.50 bits per heavy atom. The predicted octanol–water partition coefficient (Wildman–Crippen LogP) is 2.06. The molecule has 1 N–H and O–H groups in total. The highest BCUT2D eigenvalue weighted by Gasteiger charge is 2.09. The molecule has 1 heterocycles. The normalized spacial score (nSPS) is 13.0. The summed E-state index contributed by atoms with van der Waals surface area (Å²) in [6, 6.07) is 0.134. The van der Waals surface area contributed by atoms with E-state index in [4.69, 9.17) is 23.2 Å². The van der Waals surface area contributed by atoms with Crippen molar-refractivity contribution in [3.63, 3.8) is 0 Å². The van der Waals surface area contributed by atoms with Gasteiger partial charge in [0.25, 0.3) is 0 Å². The van der Waals surface area contributed by atoms with Gasteiger partial charge in [0, 0.05) is 17.8 Å². The van der Waals surface area contributed by atoms with E-state index in [1.54, 1.807) is 6.20 Å². The second kappa shape index (κ2) is 4.03. The average molecular weight is 206 g/mol. The van der Waals surface area contributed by atoms with Crippen LogP contribution < -0.4 is 5.32 Å². The summed E-state index contributed by atoms with van der Waals surface area (Å²) in [5, 5.41) is 3.61. The first-order valence-corrected chi connectivity index (χ1v) is 4.26. The van der Waals surface area contributed by atoms with E-state index in [0.717, 1.165) is 5.56 Å². The van der Waals surface area contributed by atoms with Crippen LogP contribution in [0.2, 0.25) is 10.4 Å². The molecule has 0 aliphatic rings. The molecular formula is C7H9Cl2N3. The highest BCUT2D eigenvalue weighted by Crippen LogP contribution is 2.20. The SMILES string of the molecule is CNC(C)c1cnc(Cl)nc1Cl. The van der Waals surface area contributed by atoms with Crippen LogP contribution in [-0.2, 0) is 0 Å². The number of hydrogen-bond acceptors (Lipinski definition) is 3. The maximum Gasteiger partial charge on any atom is 0.223 e. The molecule has 5 heteroatoms. The van der Waals surface area contributed by atoms with Crippen LogP contribution in [0.4, 0.5) is 0 Å². The van der Waals surface area contributed by atoms with Crippen molar-refractivity contribution in [3.8, 4) is 0 Å². The Morgan fingerprint density at radius 3 is 2.67 bits per heavy atom. The molecule has 1 atom stereocenters. The van der Waals surface area contributed by atoms with Gasteiger partial charge in [0.1, 0.15) is 5.15 Å². The average Bonchev–Trinajstić information content (AvgIpc) is 2.03. The van der Waals surface area contributed by atoms with Crippen LogP contribution in [0.1, 0.15) is 18.5 Å². The Labute approximate surface area is 81.1 Å². The molecule has 1 rings (SSSR count). The van der Waals surface area contributed by atoms with Crippen LogP contribution in [0.3, 0.4) is 0 Å². The van der Waals surface area contributed by atoms with Gasteiger partial charge in [-0.05, 0) is 25.6 Å². The summed E-state index contributed by atoms with van der Waals surface area (Å²) in [6.07, 6.45) is 1.62. The van der Waals surface area contributed by atoms with Gasteiger partial charge in [-0.2, -0.15) is 0 Å². The number of rotatable bonds is 2. The van der Waals surface area contributed by atoms with Crippen molar-refractivity contribution in [1.82, 2.24) is 15.3 Å². The van der Waals surface area contributed by atoms with Crippen molar-refractivity contribution in [3.05, 3.63) is 22.2 Å². The third-order valence-corrected chi connectivity index (χ3v) is 2.12. The van der Waals surface area contributed by atoms with E-state index in [2.05, 4.69) is 15.3 Å². The van der Waals surface area contributed by atoms with Crippen molar-refractivity contribution in [2.24, 2.45) is 0 Å². The fourth-order valence-corrected chi connectivity index (χ4v) is 1.27. The quantitative estimate of drug-likeness (QED) is 0.594. The zero-order valence-electron chi connectivity index (χ0n) is 6.81. The highest BCUT2D eigenvalue weighted by atomic mass is 35.5. The lowest BCUT2D eigenvalue weighted by atomic mass is 10.2. The molecule has 0 saturated carbocycles. The highest BCUT2D eigenvalue weighted by molar-refractivity contribution is 6.32. The van der Waals surface area contributed by atoms with E-state index in [1.165, 1.54) is 0 Å². The molecule has 0 aliphatic carbocycles. The minimum absolute atomic E-state index is 0.134. The molecule has 1 aromatic heterocycles. The van der Waals surface area contributed by atoms with Crippen LogP contribution in [0.25, 0.3) is 0 Å². The van der Waals surface area contributed by atoms with Crippen molar-refractivity contribution >= 4 is 23.2 Å². The van der Waals surface area contributed by atoms with Gasteiger partial charge < -0.3 is 5.32 Å². The van der Waals surface area contributed by atoms with Gasteiger partial charge in [-0.1, -0.05) is 11.6 Å². The van der Waals surface area contributed by atoms with E-state index in [9.17, 15) is 0 Å². The van der Waals surface area contributed by atoms with Gasteiger partial charge in [-0.15, -0.1) is 0 Å². The smallest absolute Gasteiger partial charge is 0.223 e. The molecule has 0 spiro atoms. The Balaban J connectivity index is 3.01. The summed E-state index contributed by atoms with van der Waals surface area (Å²) < 4.78 is 0. The molecule has 0 aromatic carbocycles. The Morgan fingerprint density at radius 2 is 2.17 bits per heavy atom. The molecule has 0 amide bonds. The monoisotopic (exact) mass is 205 g/mol. The molecule has 0 aliphatic heterocycles. The zero-order chi connectivity index (χ0) is 9.14. The van der Waals surface area contributed by atoms with Crippen LogP contribution in [0, 0.1) is 0 Å². The van der Waals surface area contributed by atoms with Crippen molar-refractivity contribution in [2.75, 3.05) is 7.05 Å². The topological polar surface area (TPSA) is 37.8 Å². The number of aromatic nitrogens is 2. The van der Waals surface area contributed by atoms with E-state index in [-0.39, 0.29) is 11.3 Å². The van der Waals surface area contributed by atoms with E-state index in [1.807, 2.05) is 14.0 Å². The molecule has 66 valence electrons. The first kappa shape index (κ1) is 9.71. The summed E-state index contributed by atoms with van der Waals surface area (Å²) in [6.45, 7) is 1.97. The molecule has 1 unspecified atom stereocenters. The lowest BCUT2D eigenvalue weighted by molar-refractivity contribution is 0.646. The van der Waals surface area contributed by atoms with Crippen molar-refractivity contribution in [2.45, 2.75) is 13.0 Å². The summed E-state index contributed by atoms with van der Waals surface area (Å²) in [7, 11) is 1.84. The number of halogens is 2. The van der Waals surface area contributed by atoms with Crippen molar-refractivity contribution in [1.29, 1.82) is 0 Å². The summed E-state index contributed by atoms with van der Waals surface area (Å²) in [5.74, 6) is 0. The molecule has 0 saturated heterocycles. The Hall–Kier alpha value is -0.380. The zero-order valence-corrected chi connectivity index (χ0v) is 8.32. The van der Waals surface area contributed by atoms with Crippen LogP contribution >= 0.6 is 23.2 Å². The fraction of sp³-hybridized carbons (Fsp3) is 0.429. The number of nitrogens with zero attached hydrogens (tertiary/aromatic N) is 2. The maximum absolute atomic E-state index is 5.83. The molecular weight excluding hydrogens is 197 g/mol. The summed E-state index contributed by atoms with van der Waals surface area (Å²) in [5.41, 5.74) is 0.851. The minimum Gasteiger partial charge on any atom is -0.313 e.